The van der Waals surface area contributed by atoms with E-state index >= 15 is 0 Å². The van der Waals surface area contributed by atoms with Crippen molar-refractivity contribution in [1.29, 1.82) is 5.26 Å². The van der Waals surface area contributed by atoms with Crippen molar-refractivity contribution in [1.82, 2.24) is 10.2 Å². The number of benzene rings is 1. The Hall–Kier alpha value is -3.14. The number of aromatic hydroxyl groups is 1. The highest BCUT2D eigenvalue weighted by Crippen LogP contribution is 2.44. The minimum absolute atomic E-state index is 0.0295. The second-order valence-electron chi connectivity index (χ2n) is 5.13. The van der Waals surface area contributed by atoms with Crippen molar-refractivity contribution in [3.05, 3.63) is 46.5 Å². The molecule has 0 fully saturated rings. The fourth-order valence-corrected chi connectivity index (χ4v) is 2.79. The largest absolute Gasteiger partial charge is 0.504 e. The van der Waals surface area contributed by atoms with E-state index in [0.29, 0.717) is 23.6 Å². The molecule has 3 rings (SSSR count). The zero-order valence-corrected chi connectivity index (χ0v) is 12.8. The Balaban J connectivity index is 2.23. The third kappa shape index (κ3) is 2.25. The number of fused-ring (bicyclic) bond motifs is 1. The first-order valence-corrected chi connectivity index (χ1v) is 7.12. The van der Waals surface area contributed by atoms with Crippen LogP contribution in [0.4, 0.5) is 0 Å². The van der Waals surface area contributed by atoms with Crippen molar-refractivity contribution >= 4 is 0 Å². The SMILES string of the molecule is CCc1[nH]nc2c1[C@H](c1ccc(O)c(OC)c1)C(C#N)=C(N)O2. The zero-order valence-electron chi connectivity index (χ0n) is 12.8. The molecular formula is C16H16N4O3. The van der Waals surface area contributed by atoms with Crippen molar-refractivity contribution in [2.45, 2.75) is 19.3 Å². The molecule has 1 atom stereocenters. The highest BCUT2D eigenvalue weighted by molar-refractivity contribution is 5.57. The van der Waals surface area contributed by atoms with Gasteiger partial charge in [-0.05, 0) is 24.1 Å². The summed E-state index contributed by atoms with van der Waals surface area (Å²) in [7, 11) is 1.47. The number of aryl methyl sites for hydroxylation is 1. The van der Waals surface area contributed by atoms with Crippen LogP contribution in [-0.2, 0) is 6.42 Å². The van der Waals surface area contributed by atoms with Gasteiger partial charge in [0.15, 0.2) is 11.5 Å². The van der Waals surface area contributed by atoms with Crippen LogP contribution in [0.1, 0.15) is 29.7 Å². The van der Waals surface area contributed by atoms with E-state index in [0.717, 1.165) is 16.8 Å². The highest BCUT2D eigenvalue weighted by atomic mass is 16.5. The number of hydrogen-bond donors (Lipinski definition) is 3. The standard InChI is InChI=1S/C16H16N4O3/c1-3-10-14-13(8-4-5-11(21)12(6-8)22-2)9(7-17)15(18)23-16(14)20-19-10/h4-6,13,21H,3,18H2,1-2H3,(H,19,20)/t13-/m1/s1. The summed E-state index contributed by atoms with van der Waals surface area (Å²) >= 11 is 0. The third-order valence-corrected chi connectivity index (χ3v) is 3.91. The molecule has 0 saturated heterocycles. The molecular weight excluding hydrogens is 296 g/mol. The van der Waals surface area contributed by atoms with Crippen LogP contribution in [0.5, 0.6) is 17.4 Å². The van der Waals surface area contributed by atoms with Crippen LogP contribution in [-0.4, -0.2) is 22.4 Å². The third-order valence-electron chi connectivity index (χ3n) is 3.91. The molecule has 1 aromatic heterocycles. The lowest BCUT2D eigenvalue weighted by Crippen LogP contribution is -2.21. The predicted molar refractivity (Wildman–Crippen MR) is 81.9 cm³/mol. The molecule has 7 heteroatoms. The number of rotatable bonds is 3. The van der Waals surface area contributed by atoms with E-state index in [1.54, 1.807) is 12.1 Å². The predicted octanol–water partition coefficient (Wildman–Crippen LogP) is 1.90. The minimum Gasteiger partial charge on any atom is -0.504 e. The Morgan fingerprint density at radius 1 is 1.52 bits per heavy atom. The van der Waals surface area contributed by atoms with Gasteiger partial charge in [0.2, 0.25) is 11.8 Å². The smallest absolute Gasteiger partial charge is 0.244 e. The van der Waals surface area contributed by atoms with Gasteiger partial charge in [-0.1, -0.05) is 13.0 Å². The first-order chi connectivity index (χ1) is 11.1. The molecule has 0 spiro atoms. The summed E-state index contributed by atoms with van der Waals surface area (Å²) in [6, 6.07) is 7.07. The molecule has 4 N–H and O–H groups in total. The van der Waals surface area contributed by atoms with E-state index < -0.39 is 5.92 Å². The number of nitrogens with zero attached hydrogens (tertiary/aromatic N) is 2. The lowest BCUT2D eigenvalue weighted by atomic mass is 9.83. The van der Waals surface area contributed by atoms with Crippen LogP contribution in [0.15, 0.2) is 29.7 Å². The normalized spacial score (nSPS) is 16.5. The molecule has 118 valence electrons. The lowest BCUT2D eigenvalue weighted by Gasteiger charge is -2.24. The second-order valence-corrected chi connectivity index (χ2v) is 5.13. The monoisotopic (exact) mass is 312 g/mol. The van der Waals surface area contributed by atoms with Gasteiger partial charge < -0.3 is 20.3 Å². The molecule has 1 aromatic carbocycles. The summed E-state index contributed by atoms with van der Waals surface area (Å²) in [5.41, 5.74) is 8.61. The molecule has 2 aromatic rings. The lowest BCUT2D eigenvalue weighted by molar-refractivity contribution is 0.370. The van der Waals surface area contributed by atoms with Gasteiger partial charge in [-0.15, -0.1) is 5.10 Å². The van der Waals surface area contributed by atoms with Crippen molar-refractivity contribution < 1.29 is 14.6 Å². The first-order valence-electron chi connectivity index (χ1n) is 7.12. The summed E-state index contributed by atoms with van der Waals surface area (Å²) in [5, 5.41) is 26.4. The number of hydrogen-bond acceptors (Lipinski definition) is 6. The van der Waals surface area contributed by atoms with Crippen LogP contribution in [0.25, 0.3) is 0 Å². The number of H-pyrrole nitrogens is 1. The summed E-state index contributed by atoms with van der Waals surface area (Å²) in [5.74, 6) is 0.336. The van der Waals surface area contributed by atoms with E-state index in [2.05, 4.69) is 16.3 Å². The number of nitrogens with one attached hydrogen (secondary N) is 1. The van der Waals surface area contributed by atoms with Gasteiger partial charge in [-0.2, -0.15) is 5.26 Å². The van der Waals surface area contributed by atoms with E-state index in [4.69, 9.17) is 15.2 Å². The number of ether oxygens (including phenoxy) is 2. The van der Waals surface area contributed by atoms with E-state index in [1.807, 2.05) is 6.92 Å². The van der Waals surface area contributed by atoms with Crippen LogP contribution >= 0.6 is 0 Å². The van der Waals surface area contributed by atoms with Crippen LogP contribution in [0.3, 0.4) is 0 Å². The van der Waals surface area contributed by atoms with Gasteiger partial charge in [0, 0.05) is 11.3 Å². The number of aromatic amines is 1. The molecule has 1 aliphatic rings. The first kappa shape index (κ1) is 14.8. The number of phenolic OH excluding ortho intramolecular Hbond substituents is 1. The zero-order chi connectivity index (χ0) is 16.6. The van der Waals surface area contributed by atoms with Gasteiger partial charge in [0.25, 0.3) is 0 Å². The van der Waals surface area contributed by atoms with Gasteiger partial charge in [-0.3, -0.25) is 5.10 Å². The molecule has 0 bridgehead atoms. The number of nitriles is 1. The fourth-order valence-electron chi connectivity index (χ4n) is 2.79. The average Bonchev–Trinajstić information content (AvgIpc) is 2.96. The fraction of sp³-hybridized carbons (Fsp3) is 0.250. The molecule has 0 amide bonds. The van der Waals surface area contributed by atoms with Crippen molar-refractivity contribution in [2.24, 2.45) is 5.73 Å². The van der Waals surface area contributed by atoms with Crippen molar-refractivity contribution in [3.8, 4) is 23.4 Å². The minimum atomic E-state index is -0.424. The Labute approximate surface area is 132 Å². The molecule has 23 heavy (non-hydrogen) atoms. The maximum absolute atomic E-state index is 9.79. The number of allylic oxidation sites excluding steroid dienone is 1. The van der Waals surface area contributed by atoms with Gasteiger partial charge in [0.1, 0.15) is 11.6 Å². The molecule has 0 unspecified atom stereocenters. The summed E-state index contributed by atoms with van der Waals surface area (Å²) in [4.78, 5) is 0. The van der Waals surface area contributed by atoms with Crippen LogP contribution in [0.2, 0.25) is 0 Å². The molecule has 0 aliphatic carbocycles. The number of methoxy groups -OCH3 is 1. The summed E-state index contributed by atoms with van der Waals surface area (Å²) in [6.45, 7) is 1.98. The highest BCUT2D eigenvalue weighted by Gasteiger charge is 2.35. The van der Waals surface area contributed by atoms with Gasteiger partial charge in [0.05, 0.1) is 13.0 Å². The number of phenols is 1. The Morgan fingerprint density at radius 3 is 2.96 bits per heavy atom. The van der Waals surface area contributed by atoms with Crippen molar-refractivity contribution in [3.63, 3.8) is 0 Å². The van der Waals surface area contributed by atoms with Gasteiger partial charge in [-0.25, -0.2) is 0 Å². The van der Waals surface area contributed by atoms with E-state index in [9.17, 15) is 10.4 Å². The average molecular weight is 312 g/mol. The van der Waals surface area contributed by atoms with Crippen LogP contribution < -0.4 is 15.2 Å². The van der Waals surface area contributed by atoms with E-state index in [-0.39, 0.29) is 11.6 Å². The quantitative estimate of drug-likeness (QED) is 0.797. The number of aromatic nitrogens is 2. The van der Waals surface area contributed by atoms with E-state index in [1.165, 1.54) is 13.2 Å². The topological polar surface area (TPSA) is 117 Å². The Bertz CT molecular complexity index is 832. The Morgan fingerprint density at radius 2 is 2.30 bits per heavy atom. The molecule has 2 heterocycles. The van der Waals surface area contributed by atoms with Crippen LogP contribution in [0, 0.1) is 11.3 Å². The maximum Gasteiger partial charge on any atom is 0.244 e. The Kier molecular flexibility index (Phi) is 3.58. The summed E-state index contributed by atoms with van der Waals surface area (Å²) in [6.07, 6.45) is 0.704. The second kappa shape index (κ2) is 5.57. The maximum atomic E-state index is 9.79. The molecule has 7 nitrogen and oxygen atoms in total. The molecule has 0 saturated carbocycles. The summed E-state index contributed by atoms with van der Waals surface area (Å²) < 4.78 is 10.6. The van der Waals surface area contributed by atoms with Gasteiger partial charge >= 0.3 is 0 Å². The van der Waals surface area contributed by atoms with Crippen molar-refractivity contribution in [2.75, 3.05) is 7.11 Å². The molecule has 0 radical (unpaired) electrons. The number of nitrogens with two attached hydrogens (primary N) is 1. The molecule has 1 aliphatic heterocycles.